The molecular weight excluding hydrogens is 345 g/mol. The highest BCUT2D eigenvalue weighted by molar-refractivity contribution is 5.69. The van der Waals surface area contributed by atoms with Crippen molar-refractivity contribution >= 4 is 5.95 Å². The highest BCUT2D eigenvalue weighted by atomic mass is 19.1. The molecule has 0 saturated heterocycles. The van der Waals surface area contributed by atoms with Gasteiger partial charge in [-0.3, -0.25) is 0 Å². The lowest BCUT2D eigenvalue weighted by Crippen LogP contribution is -2.38. The van der Waals surface area contributed by atoms with Gasteiger partial charge < -0.3 is 15.0 Å². The van der Waals surface area contributed by atoms with Crippen LogP contribution < -0.4 is 10.1 Å². The predicted molar refractivity (Wildman–Crippen MR) is 102 cm³/mol. The zero-order valence-corrected chi connectivity index (χ0v) is 15.9. The number of hydrogen-bond donors (Lipinski definition) is 1. The second kappa shape index (κ2) is 8.31. The molecule has 0 spiro atoms. The molecule has 1 N–H and O–H groups in total. The van der Waals surface area contributed by atoms with Crippen LogP contribution in [-0.4, -0.2) is 48.2 Å². The summed E-state index contributed by atoms with van der Waals surface area (Å²) >= 11 is 0. The predicted octanol–water partition coefficient (Wildman–Crippen LogP) is 3.45. The van der Waals surface area contributed by atoms with E-state index in [0.717, 1.165) is 19.3 Å². The molecule has 0 amide bonds. The molecule has 27 heavy (non-hydrogen) atoms. The average molecular weight is 369 g/mol. The standard InChI is InChI=1S/C20H24FN5O/c1-26(2)14-6-4-5-13(9-14)24-20-23-12-17(19(11-22)25-20)16-8-7-15(27-3)10-18(16)21/h7-8,10,12-14H,4-6,9H2,1-3H3,(H,23,24,25). The van der Waals surface area contributed by atoms with Gasteiger partial charge in [0.25, 0.3) is 0 Å². The summed E-state index contributed by atoms with van der Waals surface area (Å²) in [5.41, 5.74) is 0.804. The first-order chi connectivity index (χ1) is 13.0. The van der Waals surface area contributed by atoms with Crippen LogP contribution in [0.3, 0.4) is 0 Å². The van der Waals surface area contributed by atoms with Crippen LogP contribution >= 0.6 is 0 Å². The zero-order chi connectivity index (χ0) is 19.4. The van der Waals surface area contributed by atoms with Gasteiger partial charge in [-0.25, -0.2) is 14.4 Å². The number of anilines is 1. The molecule has 2 unspecified atom stereocenters. The maximum atomic E-state index is 14.4. The molecule has 2 atom stereocenters. The molecule has 1 saturated carbocycles. The Balaban J connectivity index is 1.82. The maximum Gasteiger partial charge on any atom is 0.224 e. The fraction of sp³-hybridized carbons (Fsp3) is 0.450. The third-order valence-corrected chi connectivity index (χ3v) is 5.07. The van der Waals surface area contributed by atoms with Crippen molar-refractivity contribution in [2.75, 3.05) is 26.5 Å². The molecular formula is C20H24FN5O. The molecule has 0 radical (unpaired) electrons. The smallest absolute Gasteiger partial charge is 0.224 e. The monoisotopic (exact) mass is 369 g/mol. The summed E-state index contributed by atoms with van der Waals surface area (Å²) in [5.74, 6) is 0.353. The highest BCUT2D eigenvalue weighted by Gasteiger charge is 2.24. The SMILES string of the molecule is COc1ccc(-c2cnc(NC3CCCC(N(C)C)C3)nc2C#N)c(F)c1. The Labute approximate surface area is 159 Å². The zero-order valence-electron chi connectivity index (χ0n) is 15.9. The van der Waals surface area contributed by atoms with E-state index in [-0.39, 0.29) is 17.3 Å². The van der Waals surface area contributed by atoms with Crippen LogP contribution in [0.15, 0.2) is 24.4 Å². The Hall–Kier alpha value is -2.72. The molecule has 7 heteroatoms. The van der Waals surface area contributed by atoms with E-state index >= 15 is 0 Å². The van der Waals surface area contributed by atoms with E-state index in [1.165, 1.54) is 25.8 Å². The molecule has 6 nitrogen and oxygen atoms in total. The van der Waals surface area contributed by atoms with Gasteiger partial charge in [0.15, 0.2) is 5.69 Å². The first-order valence-electron chi connectivity index (χ1n) is 9.05. The van der Waals surface area contributed by atoms with Gasteiger partial charge >= 0.3 is 0 Å². The Morgan fingerprint density at radius 2 is 2.11 bits per heavy atom. The maximum absolute atomic E-state index is 14.4. The lowest BCUT2D eigenvalue weighted by molar-refractivity contribution is 0.219. The third kappa shape index (κ3) is 4.34. The van der Waals surface area contributed by atoms with Gasteiger partial charge in [0.2, 0.25) is 5.95 Å². The summed E-state index contributed by atoms with van der Waals surface area (Å²) in [6.45, 7) is 0. The summed E-state index contributed by atoms with van der Waals surface area (Å²) in [7, 11) is 5.66. The van der Waals surface area contributed by atoms with Gasteiger partial charge in [-0.2, -0.15) is 5.26 Å². The van der Waals surface area contributed by atoms with Crippen LogP contribution in [0.4, 0.5) is 10.3 Å². The largest absolute Gasteiger partial charge is 0.497 e. The highest BCUT2D eigenvalue weighted by Crippen LogP contribution is 2.29. The number of nitriles is 1. The molecule has 1 aromatic heterocycles. The van der Waals surface area contributed by atoms with Gasteiger partial charge in [-0.1, -0.05) is 0 Å². The minimum Gasteiger partial charge on any atom is -0.497 e. The summed E-state index contributed by atoms with van der Waals surface area (Å²) in [4.78, 5) is 10.9. The van der Waals surface area contributed by atoms with Crippen molar-refractivity contribution in [2.24, 2.45) is 0 Å². The van der Waals surface area contributed by atoms with Crippen molar-refractivity contribution in [3.63, 3.8) is 0 Å². The lowest BCUT2D eigenvalue weighted by Gasteiger charge is -2.33. The molecule has 1 aliphatic rings. The Morgan fingerprint density at radius 1 is 1.30 bits per heavy atom. The number of hydrogen-bond acceptors (Lipinski definition) is 6. The van der Waals surface area contributed by atoms with E-state index in [1.54, 1.807) is 12.1 Å². The fourth-order valence-electron chi connectivity index (χ4n) is 3.52. The van der Waals surface area contributed by atoms with E-state index in [0.29, 0.717) is 23.3 Å². The molecule has 0 aliphatic heterocycles. The lowest BCUT2D eigenvalue weighted by atomic mass is 9.90. The topological polar surface area (TPSA) is 74.1 Å². The molecule has 3 rings (SSSR count). The van der Waals surface area contributed by atoms with Gasteiger partial charge in [-0.15, -0.1) is 0 Å². The fourth-order valence-corrected chi connectivity index (χ4v) is 3.52. The van der Waals surface area contributed by atoms with Crippen LogP contribution in [0.25, 0.3) is 11.1 Å². The molecule has 1 heterocycles. The number of aromatic nitrogens is 2. The van der Waals surface area contributed by atoms with Crippen LogP contribution in [0.2, 0.25) is 0 Å². The first-order valence-corrected chi connectivity index (χ1v) is 9.05. The Morgan fingerprint density at radius 3 is 2.78 bits per heavy atom. The normalized spacial score (nSPS) is 19.6. The summed E-state index contributed by atoms with van der Waals surface area (Å²) in [6, 6.07) is 7.35. The van der Waals surface area contributed by atoms with E-state index in [1.807, 2.05) is 0 Å². The molecule has 2 aromatic rings. The quantitative estimate of drug-likeness (QED) is 0.870. The number of benzene rings is 1. The number of rotatable bonds is 5. The first kappa shape index (κ1) is 19.1. The van der Waals surface area contributed by atoms with Gasteiger partial charge in [0.1, 0.15) is 17.6 Å². The minimum absolute atomic E-state index is 0.150. The number of ether oxygens (including phenoxy) is 1. The van der Waals surface area contributed by atoms with Gasteiger partial charge in [-0.05, 0) is 51.9 Å². The van der Waals surface area contributed by atoms with Crippen molar-refractivity contribution in [3.05, 3.63) is 35.9 Å². The van der Waals surface area contributed by atoms with E-state index < -0.39 is 5.82 Å². The molecule has 0 bridgehead atoms. The van der Waals surface area contributed by atoms with Gasteiger partial charge in [0.05, 0.1) is 7.11 Å². The van der Waals surface area contributed by atoms with Gasteiger partial charge in [0, 0.05) is 35.5 Å². The second-order valence-electron chi connectivity index (χ2n) is 7.04. The summed E-state index contributed by atoms with van der Waals surface area (Å²) < 4.78 is 19.4. The Bertz CT molecular complexity index is 849. The summed E-state index contributed by atoms with van der Waals surface area (Å²) in [5, 5.41) is 12.8. The average Bonchev–Trinajstić information content (AvgIpc) is 2.68. The Kier molecular flexibility index (Phi) is 5.87. The van der Waals surface area contributed by atoms with Crippen LogP contribution in [0.5, 0.6) is 5.75 Å². The number of methoxy groups -OCH3 is 1. The van der Waals surface area contributed by atoms with Crippen LogP contribution in [-0.2, 0) is 0 Å². The molecule has 1 fully saturated rings. The number of nitrogens with one attached hydrogen (secondary N) is 1. The van der Waals surface area contributed by atoms with Crippen molar-refractivity contribution in [1.82, 2.24) is 14.9 Å². The third-order valence-electron chi connectivity index (χ3n) is 5.07. The van der Waals surface area contributed by atoms with Crippen molar-refractivity contribution < 1.29 is 9.13 Å². The van der Waals surface area contributed by atoms with E-state index in [2.05, 4.69) is 40.3 Å². The molecule has 1 aliphatic carbocycles. The van der Waals surface area contributed by atoms with Crippen LogP contribution in [0.1, 0.15) is 31.4 Å². The minimum atomic E-state index is -0.476. The van der Waals surface area contributed by atoms with Crippen molar-refractivity contribution in [1.29, 1.82) is 5.26 Å². The van der Waals surface area contributed by atoms with Crippen molar-refractivity contribution in [2.45, 2.75) is 37.8 Å². The number of halogens is 1. The van der Waals surface area contributed by atoms with E-state index in [9.17, 15) is 9.65 Å². The molecule has 1 aromatic carbocycles. The van der Waals surface area contributed by atoms with Crippen LogP contribution in [0, 0.1) is 17.1 Å². The molecule has 142 valence electrons. The van der Waals surface area contributed by atoms with Crippen molar-refractivity contribution in [3.8, 4) is 22.9 Å². The van der Waals surface area contributed by atoms with E-state index in [4.69, 9.17) is 4.74 Å². The summed E-state index contributed by atoms with van der Waals surface area (Å²) in [6.07, 6.45) is 5.88. The number of nitrogens with zero attached hydrogens (tertiary/aromatic N) is 4. The second-order valence-corrected chi connectivity index (χ2v) is 7.04.